The molecule has 0 fully saturated rings. The summed E-state index contributed by atoms with van der Waals surface area (Å²) in [5.41, 5.74) is 0. The van der Waals surface area contributed by atoms with Gasteiger partial charge in [-0.2, -0.15) is 0 Å². The van der Waals surface area contributed by atoms with E-state index in [0.717, 1.165) is 0 Å². The van der Waals surface area contributed by atoms with Crippen LogP contribution in [-0.4, -0.2) is 0 Å². The predicted molar refractivity (Wildman–Crippen MR) is 105 cm³/mol. The predicted octanol–water partition coefficient (Wildman–Crippen LogP) is 6.52. The Labute approximate surface area is 156 Å². The highest BCUT2D eigenvalue weighted by Crippen LogP contribution is 2.21. The zero-order valence-corrected chi connectivity index (χ0v) is 15.1. The molecule has 0 N–H and O–H groups in total. The third-order valence-corrected chi connectivity index (χ3v) is 2.61. The smallest absolute Gasteiger partial charge is 0.0178 e. The minimum absolute atomic E-state index is 0. The van der Waals surface area contributed by atoms with Crippen LogP contribution < -0.4 is 0 Å². The number of hydrogen-bond donors (Lipinski definition) is 0. The molecule has 3 rings (SSSR count). The zero-order chi connectivity index (χ0) is 9.38. The fourth-order valence-electron chi connectivity index (χ4n) is 1.88. The van der Waals surface area contributed by atoms with Crippen LogP contribution in [-0.2, 0) is 0 Å². The second-order valence-electron chi connectivity index (χ2n) is 3.55. The lowest BCUT2D eigenvalue weighted by atomic mass is 10.0. The van der Waals surface area contributed by atoms with Gasteiger partial charge in [0, 0.05) is 0 Å². The first-order valence-electron chi connectivity index (χ1n) is 4.81. The van der Waals surface area contributed by atoms with Crippen molar-refractivity contribution in [3.05, 3.63) is 60.7 Å². The lowest BCUT2D eigenvalue weighted by Crippen LogP contribution is -1.74. The minimum Gasteiger partial charge on any atom is -0.147 e. The molecule has 0 saturated heterocycles. The molecule has 0 nitrogen and oxygen atoms in total. The second kappa shape index (κ2) is 12.6. The van der Waals surface area contributed by atoms with Gasteiger partial charge in [0.05, 0.1) is 0 Å². The maximum Gasteiger partial charge on any atom is -0.0178 e. The number of benzene rings is 3. The van der Waals surface area contributed by atoms with Crippen molar-refractivity contribution in [2.24, 2.45) is 0 Å². The third-order valence-electron chi connectivity index (χ3n) is 2.61. The van der Waals surface area contributed by atoms with E-state index in [9.17, 15) is 0 Å². The molecule has 0 aromatic heterocycles. The normalized spacial score (nSPS) is 7.60. The summed E-state index contributed by atoms with van der Waals surface area (Å²) in [4.78, 5) is 0. The quantitative estimate of drug-likeness (QED) is 0.379. The van der Waals surface area contributed by atoms with Crippen molar-refractivity contribution in [3.8, 4) is 0 Å². The van der Waals surface area contributed by atoms with E-state index < -0.39 is 0 Å². The summed E-state index contributed by atoms with van der Waals surface area (Å²) >= 11 is 0. The van der Waals surface area contributed by atoms with Gasteiger partial charge in [0.2, 0.25) is 0 Å². The average Bonchev–Trinajstić information content (AvgIpc) is 2.26. The summed E-state index contributed by atoms with van der Waals surface area (Å²) in [6.45, 7) is 0. The van der Waals surface area contributed by atoms with Gasteiger partial charge in [-0.1, -0.05) is 48.5 Å². The molecule has 0 bridgehead atoms. The van der Waals surface area contributed by atoms with Crippen molar-refractivity contribution in [3.63, 3.8) is 0 Å². The summed E-state index contributed by atoms with van der Waals surface area (Å²) in [7, 11) is 0. The van der Waals surface area contributed by atoms with Crippen LogP contribution in [0.3, 0.4) is 0 Å². The third kappa shape index (κ3) is 5.73. The van der Waals surface area contributed by atoms with Gasteiger partial charge in [-0.3, -0.25) is 0 Å². The molecule has 0 aliphatic rings. The van der Waals surface area contributed by atoms with Crippen molar-refractivity contribution in [1.82, 2.24) is 0 Å². The Morgan fingerprint density at radius 3 is 0.750 bits per heavy atom. The standard InChI is InChI=1S/C14H10.6ClH/c1-2-6-12-10-14-8-4-3-7-13(14)9-11(12)5-1;;;;;;/h1-10H;6*1H. The van der Waals surface area contributed by atoms with Crippen LogP contribution in [0.2, 0.25) is 0 Å². The molecule has 0 radical (unpaired) electrons. The van der Waals surface area contributed by atoms with Crippen LogP contribution in [0.1, 0.15) is 0 Å². The highest BCUT2D eigenvalue weighted by atomic mass is 35.5. The molecule has 0 spiro atoms. The summed E-state index contributed by atoms with van der Waals surface area (Å²) in [6.07, 6.45) is 0. The lowest BCUT2D eigenvalue weighted by Gasteiger charge is -2.00. The van der Waals surface area contributed by atoms with E-state index in [4.69, 9.17) is 0 Å². The van der Waals surface area contributed by atoms with Crippen LogP contribution in [0.25, 0.3) is 21.5 Å². The first-order chi connectivity index (χ1) is 6.93. The molecular formula is C14H16Cl6. The van der Waals surface area contributed by atoms with E-state index in [1.54, 1.807) is 0 Å². The summed E-state index contributed by atoms with van der Waals surface area (Å²) < 4.78 is 0. The van der Waals surface area contributed by atoms with E-state index in [1.807, 2.05) is 0 Å². The number of hydrogen-bond acceptors (Lipinski definition) is 0. The molecule has 0 atom stereocenters. The van der Waals surface area contributed by atoms with Gasteiger partial charge in [0.25, 0.3) is 0 Å². The highest BCUT2D eigenvalue weighted by molar-refractivity contribution is 5.98. The maximum atomic E-state index is 2.24. The first-order valence-corrected chi connectivity index (χ1v) is 4.81. The molecule has 0 unspecified atom stereocenters. The highest BCUT2D eigenvalue weighted by Gasteiger charge is 1.95. The lowest BCUT2D eigenvalue weighted by molar-refractivity contribution is 1.76. The van der Waals surface area contributed by atoms with Gasteiger partial charge in [-0.25, -0.2) is 0 Å². The molecule has 114 valence electrons. The topological polar surface area (TPSA) is 0 Å². The second-order valence-corrected chi connectivity index (χ2v) is 3.55. The van der Waals surface area contributed by atoms with E-state index in [-0.39, 0.29) is 74.4 Å². The fourth-order valence-corrected chi connectivity index (χ4v) is 1.88. The molecule has 0 aliphatic carbocycles. The molecule has 3 aromatic carbocycles. The van der Waals surface area contributed by atoms with E-state index in [2.05, 4.69) is 60.7 Å². The zero-order valence-electron chi connectivity index (χ0n) is 10.2. The van der Waals surface area contributed by atoms with Gasteiger partial charge in [-0.05, 0) is 33.7 Å². The Morgan fingerprint density at radius 2 is 0.550 bits per heavy atom. The Morgan fingerprint density at radius 1 is 0.350 bits per heavy atom. The van der Waals surface area contributed by atoms with Crippen molar-refractivity contribution in [2.75, 3.05) is 0 Å². The van der Waals surface area contributed by atoms with Gasteiger partial charge in [0.1, 0.15) is 0 Å². The summed E-state index contributed by atoms with van der Waals surface area (Å²) in [6, 6.07) is 21.4. The van der Waals surface area contributed by atoms with Crippen molar-refractivity contribution in [1.29, 1.82) is 0 Å². The molecule has 0 amide bonds. The molecule has 6 heteroatoms. The molecular weight excluding hydrogens is 381 g/mol. The first kappa shape index (κ1) is 28.1. The van der Waals surface area contributed by atoms with Crippen LogP contribution in [0.15, 0.2) is 60.7 Å². The Balaban J connectivity index is -0.000000213. The maximum absolute atomic E-state index is 2.24. The van der Waals surface area contributed by atoms with Crippen LogP contribution in [0, 0.1) is 0 Å². The van der Waals surface area contributed by atoms with Crippen molar-refractivity contribution >= 4 is 96.0 Å². The van der Waals surface area contributed by atoms with Crippen LogP contribution in [0.5, 0.6) is 0 Å². The van der Waals surface area contributed by atoms with E-state index >= 15 is 0 Å². The Bertz CT molecular complexity index is 506. The number of fused-ring (bicyclic) bond motifs is 2. The van der Waals surface area contributed by atoms with E-state index in [0.29, 0.717) is 0 Å². The molecule has 0 aliphatic heterocycles. The SMILES string of the molecule is Cl.Cl.Cl.Cl.Cl.Cl.c1ccc2cc3ccccc3cc2c1. The summed E-state index contributed by atoms with van der Waals surface area (Å²) in [5.74, 6) is 0. The van der Waals surface area contributed by atoms with Crippen LogP contribution in [0.4, 0.5) is 0 Å². The van der Waals surface area contributed by atoms with Gasteiger partial charge >= 0.3 is 0 Å². The largest absolute Gasteiger partial charge is 0.147 e. The Hall–Kier alpha value is -0.0800. The van der Waals surface area contributed by atoms with Crippen molar-refractivity contribution in [2.45, 2.75) is 0 Å². The molecule has 20 heavy (non-hydrogen) atoms. The number of rotatable bonds is 0. The molecule has 3 aromatic rings. The monoisotopic (exact) mass is 394 g/mol. The van der Waals surface area contributed by atoms with Gasteiger partial charge in [0.15, 0.2) is 0 Å². The average molecular weight is 397 g/mol. The molecule has 0 saturated carbocycles. The number of halogens is 6. The molecule has 0 heterocycles. The fraction of sp³-hybridized carbons (Fsp3) is 0. The van der Waals surface area contributed by atoms with E-state index in [1.165, 1.54) is 21.5 Å². The van der Waals surface area contributed by atoms with Gasteiger partial charge < -0.3 is 0 Å². The Kier molecular flexibility index (Phi) is 17.8. The minimum atomic E-state index is 0. The van der Waals surface area contributed by atoms with Gasteiger partial charge in [-0.15, -0.1) is 74.4 Å². The summed E-state index contributed by atoms with van der Waals surface area (Å²) in [5, 5.41) is 5.25. The van der Waals surface area contributed by atoms with Crippen LogP contribution >= 0.6 is 74.4 Å². The van der Waals surface area contributed by atoms with Crippen molar-refractivity contribution < 1.29 is 0 Å².